The first-order valence-corrected chi connectivity index (χ1v) is 8.01. The normalized spacial score (nSPS) is 11.5. The number of aryl methyl sites for hydroxylation is 1. The van der Waals surface area contributed by atoms with Crippen LogP contribution in [0.1, 0.15) is 11.3 Å². The molecule has 0 saturated heterocycles. The Labute approximate surface area is 140 Å². The summed E-state index contributed by atoms with van der Waals surface area (Å²) in [6.45, 7) is 1.65. The molecule has 2 heterocycles. The zero-order valence-electron chi connectivity index (χ0n) is 13.3. The summed E-state index contributed by atoms with van der Waals surface area (Å²) in [5, 5.41) is 3.40. The topological polar surface area (TPSA) is 45.5 Å². The van der Waals surface area contributed by atoms with Gasteiger partial charge in [0.1, 0.15) is 0 Å². The number of nitrogens with one attached hydrogen (secondary N) is 1. The maximum atomic E-state index is 4.35. The number of guanidine groups is 1. The highest BCUT2D eigenvalue weighted by Gasteiger charge is 2.09. The lowest BCUT2D eigenvalue weighted by atomic mass is 10.2. The van der Waals surface area contributed by atoms with Crippen molar-refractivity contribution >= 4 is 21.9 Å². The predicted molar refractivity (Wildman–Crippen MR) is 93.9 cm³/mol. The number of rotatable bonds is 5. The van der Waals surface area contributed by atoms with Gasteiger partial charge in [0.2, 0.25) is 0 Å². The summed E-state index contributed by atoms with van der Waals surface area (Å²) in [6, 6.07) is 6.20. The highest BCUT2D eigenvalue weighted by Crippen LogP contribution is 2.14. The van der Waals surface area contributed by atoms with Crippen molar-refractivity contribution in [1.29, 1.82) is 0 Å². The highest BCUT2D eigenvalue weighted by atomic mass is 79.9. The van der Waals surface area contributed by atoms with Gasteiger partial charge in [0.05, 0.1) is 6.54 Å². The molecular formula is C16H22BrN5. The van der Waals surface area contributed by atoms with Crippen molar-refractivity contribution in [2.45, 2.75) is 13.0 Å². The summed E-state index contributed by atoms with van der Waals surface area (Å²) < 4.78 is 3.21. The number of halogens is 1. The Bertz CT molecular complexity index is 621. The molecule has 2 rings (SSSR count). The van der Waals surface area contributed by atoms with Gasteiger partial charge >= 0.3 is 0 Å². The molecule has 0 amide bonds. The third kappa shape index (κ3) is 4.59. The molecule has 0 bridgehead atoms. The molecule has 6 heteroatoms. The van der Waals surface area contributed by atoms with Gasteiger partial charge in [0, 0.05) is 56.4 Å². The van der Waals surface area contributed by atoms with Gasteiger partial charge in [-0.1, -0.05) is 0 Å². The molecule has 118 valence electrons. The van der Waals surface area contributed by atoms with E-state index in [4.69, 9.17) is 0 Å². The Kier molecular flexibility index (Phi) is 6.00. The monoisotopic (exact) mass is 363 g/mol. The van der Waals surface area contributed by atoms with E-state index in [9.17, 15) is 0 Å². The number of aromatic nitrogens is 2. The Hall–Kier alpha value is -1.82. The standard InChI is InChI=1S/C16H22BrN5/c1-18-16(20-9-6-13-4-7-19-8-5-13)22(3)12-15-10-14(17)11-21(15)2/h4-5,7-8,10-11H,6,9,12H2,1-3H3,(H,18,20). The zero-order valence-corrected chi connectivity index (χ0v) is 14.8. The summed E-state index contributed by atoms with van der Waals surface area (Å²) in [4.78, 5) is 10.5. The fourth-order valence-electron chi connectivity index (χ4n) is 2.29. The summed E-state index contributed by atoms with van der Waals surface area (Å²) in [6.07, 6.45) is 6.65. The van der Waals surface area contributed by atoms with E-state index in [2.05, 4.69) is 53.0 Å². The SMILES string of the molecule is CN=C(NCCc1ccncc1)N(C)Cc1cc(Br)cn1C. The number of nitrogens with zero attached hydrogens (tertiary/aromatic N) is 4. The average Bonchev–Trinajstić information content (AvgIpc) is 2.82. The molecule has 0 saturated carbocycles. The molecule has 2 aromatic rings. The highest BCUT2D eigenvalue weighted by molar-refractivity contribution is 9.10. The van der Waals surface area contributed by atoms with Gasteiger partial charge in [-0.05, 0) is 46.1 Å². The number of hydrogen-bond donors (Lipinski definition) is 1. The van der Waals surface area contributed by atoms with Crippen LogP contribution in [-0.4, -0.2) is 41.1 Å². The van der Waals surface area contributed by atoms with E-state index < -0.39 is 0 Å². The summed E-state index contributed by atoms with van der Waals surface area (Å²) in [5.41, 5.74) is 2.50. The maximum Gasteiger partial charge on any atom is 0.193 e. The summed E-state index contributed by atoms with van der Waals surface area (Å²) in [5.74, 6) is 0.895. The van der Waals surface area contributed by atoms with Crippen molar-refractivity contribution < 1.29 is 0 Å². The van der Waals surface area contributed by atoms with Gasteiger partial charge in [-0.15, -0.1) is 0 Å². The fourth-order valence-corrected chi connectivity index (χ4v) is 2.87. The number of aliphatic imine (C=N–C) groups is 1. The molecule has 0 aromatic carbocycles. The van der Waals surface area contributed by atoms with Crippen LogP contribution in [0.15, 0.2) is 46.3 Å². The van der Waals surface area contributed by atoms with Crippen LogP contribution in [-0.2, 0) is 20.0 Å². The lowest BCUT2D eigenvalue weighted by Crippen LogP contribution is -2.39. The quantitative estimate of drug-likeness (QED) is 0.655. The fraction of sp³-hybridized carbons (Fsp3) is 0.375. The van der Waals surface area contributed by atoms with Crippen LogP contribution >= 0.6 is 15.9 Å². The van der Waals surface area contributed by atoms with Crippen LogP contribution in [0, 0.1) is 0 Å². The lowest BCUT2D eigenvalue weighted by Gasteiger charge is -2.22. The maximum absolute atomic E-state index is 4.35. The Balaban J connectivity index is 1.87. The molecule has 5 nitrogen and oxygen atoms in total. The zero-order chi connectivity index (χ0) is 15.9. The molecule has 0 aliphatic heterocycles. The minimum Gasteiger partial charge on any atom is -0.356 e. The van der Waals surface area contributed by atoms with E-state index in [1.807, 2.05) is 45.7 Å². The van der Waals surface area contributed by atoms with Crippen molar-refractivity contribution in [3.05, 3.63) is 52.5 Å². The first-order valence-electron chi connectivity index (χ1n) is 7.21. The number of hydrogen-bond acceptors (Lipinski definition) is 2. The van der Waals surface area contributed by atoms with Crippen LogP contribution in [0.3, 0.4) is 0 Å². The van der Waals surface area contributed by atoms with Gasteiger partial charge < -0.3 is 14.8 Å². The van der Waals surface area contributed by atoms with Gasteiger partial charge in [0.15, 0.2) is 5.96 Å². The predicted octanol–water partition coefficient (Wildman–Crippen LogP) is 2.43. The molecule has 0 aliphatic rings. The van der Waals surface area contributed by atoms with Crippen LogP contribution in [0.5, 0.6) is 0 Å². The molecule has 22 heavy (non-hydrogen) atoms. The third-order valence-electron chi connectivity index (χ3n) is 3.49. The van der Waals surface area contributed by atoms with Crippen molar-refractivity contribution in [2.24, 2.45) is 12.0 Å². The van der Waals surface area contributed by atoms with E-state index in [0.717, 1.165) is 29.9 Å². The molecule has 0 fully saturated rings. The third-order valence-corrected chi connectivity index (χ3v) is 3.93. The smallest absolute Gasteiger partial charge is 0.193 e. The molecule has 0 spiro atoms. The Morgan fingerprint density at radius 1 is 1.41 bits per heavy atom. The first-order chi connectivity index (χ1) is 10.6. The largest absolute Gasteiger partial charge is 0.356 e. The number of pyridine rings is 1. The van der Waals surface area contributed by atoms with Gasteiger partial charge in [-0.3, -0.25) is 9.98 Å². The van der Waals surface area contributed by atoms with Gasteiger partial charge in [0.25, 0.3) is 0 Å². The second-order valence-corrected chi connectivity index (χ2v) is 6.11. The van der Waals surface area contributed by atoms with E-state index in [1.165, 1.54) is 11.3 Å². The minimum atomic E-state index is 0.803. The molecule has 0 unspecified atom stereocenters. The van der Waals surface area contributed by atoms with E-state index in [-0.39, 0.29) is 0 Å². The molecule has 0 radical (unpaired) electrons. The Morgan fingerprint density at radius 2 is 2.14 bits per heavy atom. The van der Waals surface area contributed by atoms with Crippen molar-refractivity contribution in [1.82, 2.24) is 19.8 Å². The average molecular weight is 364 g/mol. The molecule has 0 aliphatic carbocycles. The van der Waals surface area contributed by atoms with E-state index in [0.29, 0.717) is 0 Å². The summed E-state index contributed by atoms with van der Waals surface area (Å²) >= 11 is 3.50. The van der Waals surface area contributed by atoms with Crippen molar-refractivity contribution in [3.63, 3.8) is 0 Å². The van der Waals surface area contributed by atoms with E-state index in [1.54, 1.807) is 0 Å². The Morgan fingerprint density at radius 3 is 2.73 bits per heavy atom. The first kappa shape index (κ1) is 16.5. The molecule has 2 aromatic heterocycles. The van der Waals surface area contributed by atoms with Crippen LogP contribution in [0.2, 0.25) is 0 Å². The van der Waals surface area contributed by atoms with E-state index >= 15 is 0 Å². The minimum absolute atomic E-state index is 0.803. The lowest BCUT2D eigenvalue weighted by molar-refractivity contribution is 0.462. The van der Waals surface area contributed by atoms with Crippen molar-refractivity contribution in [2.75, 3.05) is 20.6 Å². The van der Waals surface area contributed by atoms with Crippen molar-refractivity contribution in [3.8, 4) is 0 Å². The second-order valence-electron chi connectivity index (χ2n) is 5.20. The van der Waals surface area contributed by atoms with Crippen LogP contribution in [0.25, 0.3) is 0 Å². The molecular weight excluding hydrogens is 342 g/mol. The van der Waals surface area contributed by atoms with Crippen LogP contribution in [0.4, 0.5) is 0 Å². The second kappa shape index (κ2) is 7.98. The van der Waals surface area contributed by atoms with Crippen LogP contribution < -0.4 is 5.32 Å². The molecule has 0 atom stereocenters. The molecule has 1 N–H and O–H groups in total. The van der Waals surface area contributed by atoms with Gasteiger partial charge in [-0.2, -0.15) is 0 Å². The van der Waals surface area contributed by atoms with Gasteiger partial charge in [-0.25, -0.2) is 0 Å². The summed E-state index contributed by atoms with van der Waals surface area (Å²) in [7, 11) is 5.91.